The van der Waals surface area contributed by atoms with Crippen LogP contribution in [0.5, 0.6) is 0 Å². The quantitative estimate of drug-likeness (QED) is 0.933. The number of aromatic nitrogens is 2. The van der Waals surface area contributed by atoms with Crippen LogP contribution in [0.3, 0.4) is 0 Å². The van der Waals surface area contributed by atoms with Crippen LogP contribution in [0.25, 0.3) is 0 Å². The van der Waals surface area contributed by atoms with Gasteiger partial charge in [-0.05, 0) is 11.6 Å². The fourth-order valence-electron chi connectivity index (χ4n) is 1.46. The molecular formula is C11H10F3N3S. The van der Waals surface area contributed by atoms with Crippen molar-refractivity contribution in [3.8, 4) is 0 Å². The van der Waals surface area contributed by atoms with Crippen LogP contribution in [0, 0.1) is 0 Å². The highest BCUT2D eigenvalue weighted by molar-refractivity contribution is 7.15. The van der Waals surface area contributed by atoms with Gasteiger partial charge in [0.15, 0.2) is 0 Å². The van der Waals surface area contributed by atoms with Crippen LogP contribution < -0.4 is 5.32 Å². The van der Waals surface area contributed by atoms with Gasteiger partial charge in [0.1, 0.15) is 5.01 Å². The molecule has 0 spiro atoms. The Morgan fingerprint density at radius 1 is 1.28 bits per heavy atom. The van der Waals surface area contributed by atoms with E-state index in [1.54, 1.807) is 13.1 Å². The Balaban J connectivity index is 2.19. The minimum absolute atomic E-state index is 0.350. The lowest BCUT2D eigenvalue weighted by molar-refractivity contribution is -0.137. The van der Waals surface area contributed by atoms with Crippen molar-refractivity contribution in [3.63, 3.8) is 0 Å². The second-order valence-electron chi connectivity index (χ2n) is 3.63. The number of benzene rings is 1. The fourth-order valence-corrected chi connectivity index (χ4v) is 2.19. The summed E-state index contributed by atoms with van der Waals surface area (Å²) in [5, 5.41) is 11.9. The van der Waals surface area contributed by atoms with E-state index in [2.05, 4.69) is 15.5 Å². The zero-order chi connectivity index (χ0) is 13.2. The first-order valence-corrected chi connectivity index (χ1v) is 5.97. The molecule has 7 heteroatoms. The van der Waals surface area contributed by atoms with E-state index in [1.807, 2.05) is 0 Å². The third-order valence-electron chi connectivity index (χ3n) is 2.29. The number of nitrogens with zero attached hydrogens (tertiary/aromatic N) is 2. The maximum Gasteiger partial charge on any atom is 0.416 e. The molecule has 0 bridgehead atoms. The Labute approximate surface area is 106 Å². The van der Waals surface area contributed by atoms with Crippen LogP contribution in [0.1, 0.15) is 16.1 Å². The minimum Gasteiger partial charge on any atom is -0.363 e. The number of alkyl halides is 3. The molecule has 0 atom stereocenters. The van der Waals surface area contributed by atoms with Gasteiger partial charge in [-0.25, -0.2) is 0 Å². The molecule has 0 saturated heterocycles. The van der Waals surface area contributed by atoms with Crippen molar-refractivity contribution in [1.82, 2.24) is 10.2 Å². The molecule has 0 amide bonds. The largest absolute Gasteiger partial charge is 0.416 e. The topological polar surface area (TPSA) is 37.8 Å². The van der Waals surface area contributed by atoms with Gasteiger partial charge in [-0.3, -0.25) is 0 Å². The van der Waals surface area contributed by atoms with Crippen LogP contribution in [-0.4, -0.2) is 17.2 Å². The summed E-state index contributed by atoms with van der Waals surface area (Å²) >= 11 is 1.33. The molecule has 1 N–H and O–H groups in total. The van der Waals surface area contributed by atoms with E-state index in [0.717, 1.165) is 12.1 Å². The Hall–Kier alpha value is -1.63. The highest BCUT2D eigenvalue weighted by Crippen LogP contribution is 2.30. The normalized spacial score (nSPS) is 11.6. The Kier molecular flexibility index (Phi) is 3.51. The lowest BCUT2D eigenvalue weighted by atomic mass is 10.1. The third kappa shape index (κ3) is 2.98. The standard InChI is InChI=1S/C11H10F3N3S/c1-15-10-17-16-9(18-10)6-7-3-2-4-8(5-7)11(12,13)14/h2-5H,6H2,1H3,(H,15,17). The molecular weight excluding hydrogens is 263 g/mol. The van der Waals surface area contributed by atoms with E-state index in [9.17, 15) is 13.2 Å². The molecule has 18 heavy (non-hydrogen) atoms. The number of hydrogen-bond donors (Lipinski definition) is 1. The van der Waals surface area contributed by atoms with Crippen molar-refractivity contribution in [2.24, 2.45) is 0 Å². The number of nitrogens with one attached hydrogen (secondary N) is 1. The highest BCUT2D eigenvalue weighted by atomic mass is 32.1. The van der Waals surface area contributed by atoms with Crippen molar-refractivity contribution >= 4 is 16.5 Å². The number of rotatable bonds is 3. The molecule has 96 valence electrons. The third-order valence-corrected chi connectivity index (χ3v) is 3.23. The smallest absolute Gasteiger partial charge is 0.363 e. The average molecular weight is 273 g/mol. The minimum atomic E-state index is -4.31. The van der Waals surface area contributed by atoms with Gasteiger partial charge >= 0.3 is 6.18 Å². The summed E-state index contributed by atoms with van der Waals surface area (Å²) in [6.07, 6.45) is -3.96. The maximum atomic E-state index is 12.5. The van der Waals surface area contributed by atoms with Gasteiger partial charge in [-0.2, -0.15) is 13.2 Å². The summed E-state index contributed by atoms with van der Waals surface area (Å²) < 4.78 is 37.6. The molecule has 0 aliphatic carbocycles. The lowest BCUT2D eigenvalue weighted by Gasteiger charge is -2.07. The van der Waals surface area contributed by atoms with Crippen molar-refractivity contribution in [2.45, 2.75) is 12.6 Å². The van der Waals surface area contributed by atoms with Crippen LogP contribution >= 0.6 is 11.3 Å². The van der Waals surface area contributed by atoms with Crippen molar-refractivity contribution in [3.05, 3.63) is 40.4 Å². The number of hydrogen-bond acceptors (Lipinski definition) is 4. The maximum absolute atomic E-state index is 12.5. The molecule has 2 rings (SSSR count). The Bertz CT molecular complexity index is 536. The average Bonchev–Trinajstić information content (AvgIpc) is 2.76. The van der Waals surface area contributed by atoms with Crippen LogP contribution in [-0.2, 0) is 12.6 Å². The number of anilines is 1. The van der Waals surface area contributed by atoms with E-state index in [4.69, 9.17) is 0 Å². The summed E-state index contributed by atoms with van der Waals surface area (Å²) in [6, 6.07) is 5.25. The monoisotopic (exact) mass is 273 g/mol. The van der Waals surface area contributed by atoms with Crippen LogP contribution in [0.15, 0.2) is 24.3 Å². The molecule has 0 aliphatic heterocycles. The van der Waals surface area contributed by atoms with E-state index < -0.39 is 11.7 Å². The molecule has 0 saturated carbocycles. The molecule has 1 heterocycles. The summed E-state index contributed by atoms with van der Waals surface area (Å²) in [4.78, 5) is 0. The first-order valence-electron chi connectivity index (χ1n) is 5.15. The SMILES string of the molecule is CNc1nnc(Cc2cccc(C(F)(F)F)c2)s1. The van der Waals surface area contributed by atoms with Gasteiger partial charge in [-0.1, -0.05) is 29.5 Å². The van der Waals surface area contributed by atoms with Gasteiger partial charge in [0.25, 0.3) is 0 Å². The van der Waals surface area contributed by atoms with E-state index in [0.29, 0.717) is 22.1 Å². The molecule has 1 aromatic heterocycles. The van der Waals surface area contributed by atoms with Crippen molar-refractivity contribution in [1.29, 1.82) is 0 Å². The molecule has 0 fully saturated rings. The van der Waals surface area contributed by atoms with Gasteiger partial charge in [-0.15, -0.1) is 10.2 Å². The Morgan fingerprint density at radius 3 is 2.67 bits per heavy atom. The molecule has 2 aromatic rings. The molecule has 3 nitrogen and oxygen atoms in total. The zero-order valence-corrected chi connectivity index (χ0v) is 10.3. The van der Waals surface area contributed by atoms with Crippen LogP contribution in [0.4, 0.5) is 18.3 Å². The molecule has 0 unspecified atom stereocenters. The van der Waals surface area contributed by atoms with Gasteiger partial charge in [0.2, 0.25) is 5.13 Å². The second kappa shape index (κ2) is 4.93. The van der Waals surface area contributed by atoms with Gasteiger partial charge < -0.3 is 5.32 Å². The van der Waals surface area contributed by atoms with E-state index in [-0.39, 0.29) is 0 Å². The van der Waals surface area contributed by atoms with E-state index in [1.165, 1.54) is 17.4 Å². The summed E-state index contributed by atoms with van der Waals surface area (Å²) in [7, 11) is 1.72. The van der Waals surface area contributed by atoms with Crippen molar-refractivity contribution in [2.75, 3.05) is 12.4 Å². The van der Waals surface area contributed by atoms with E-state index >= 15 is 0 Å². The highest BCUT2D eigenvalue weighted by Gasteiger charge is 2.30. The summed E-state index contributed by atoms with van der Waals surface area (Å²) in [5.41, 5.74) is -0.0676. The first kappa shape index (κ1) is 12.8. The Morgan fingerprint density at radius 2 is 2.06 bits per heavy atom. The fraction of sp³-hybridized carbons (Fsp3) is 0.273. The number of halogens is 3. The zero-order valence-electron chi connectivity index (χ0n) is 9.45. The first-order chi connectivity index (χ1) is 8.49. The molecule has 1 aromatic carbocycles. The van der Waals surface area contributed by atoms with Crippen LogP contribution in [0.2, 0.25) is 0 Å². The molecule has 0 radical (unpaired) electrons. The predicted octanol–water partition coefficient (Wildman–Crippen LogP) is 3.19. The second-order valence-corrected chi connectivity index (χ2v) is 4.69. The van der Waals surface area contributed by atoms with Gasteiger partial charge in [0, 0.05) is 13.5 Å². The van der Waals surface area contributed by atoms with Gasteiger partial charge in [0.05, 0.1) is 5.56 Å². The van der Waals surface area contributed by atoms with Crippen molar-refractivity contribution < 1.29 is 13.2 Å². The summed E-state index contributed by atoms with van der Waals surface area (Å²) in [5.74, 6) is 0. The molecule has 0 aliphatic rings. The lowest BCUT2D eigenvalue weighted by Crippen LogP contribution is -2.05. The predicted molar refractivity (Wildman–Crippen MR) is 63.7 cm³/mol. The summed E-state index contributed by atoms with van der Waals surface area (Å²) in [6.45, 7) is 0.